The molecule has 2 aromatic rings. The van der Waals surface area contributed by atoms with Crippen molar-refractivity contribution in [2.45, 2.75) is 0 Å². The van der Waals surface area contributed by atoms with Gasteiger partial charge in [-0.25, -0.2) is 13.6 Å². The number of carboxylic acid groups (broad SMARTS) is 1. The lowest BCUT2D eigenvalue weighted by Crippen LogP contribution is -1.99. The van der Waals surface area contributed by atoms with E-state index in [1.807, 2.05) is 0 Å². The maximum atomic E-state index is 13.0. The topological polar surface area (TPSA) is 72.6 Å². The quantitative estimate of drug-likeness (QED) is 0.836. The summed E-state index contributed by atoms with van der Waals surface area (Å²) in [5, 5.41) is 8.84. The first-order valence-corrected chi connectivity index (χ1v) is 5.23. The van der Waals surface area contributed by atoms with E-state index < -0.39 is 17.6 Å². The Morgan fingerprint density at radius 1 is 1.11 bits per heavy atom. The monoisotopic (exact) mass is 265 g/mol. The number of aromatic carboxylic acids is 1. The van der Waals surface area contributed by atoms with Gasteiger partial charge in [0, 0.05) is 6.07 Å². The molecule has 0 fully saturated rings. The summed E-state index contributed by atoms with van der Waals surface area (Å²) in [7, 11) is 0. The predicted molar refractivity (Wildman–Crippen MR) is 64.2 cm³/mol. The number of carboxylic acids is 1. The van der Waals surface area contributed by atoms with Crippen molar-refractivity contribution in [1.29, 1.82) is 0 Å². The normalized spacial score (nSPS) is 10.2. The first kappa shape index (κ1) is 12.8. The Morgan fingerprint density at radius 2 is 1.84 bits per heavy atom. The first-order chi connectivity index (χ1) is 8.97. The lowest BCUT2D eigenvalue weighted by Gasteiger charge is -2.09. The van der Waals surface area contributed by atoms with Gasteiger partial charge in [0.15, 0.2) is 17.4 Å². The Bertz CT molecular complexity index is 644. The van der Waals surface area contributed by atoms with Crippen LogP contribution in [0, 0.1) is 11.6 Å². The molecule has 0 saturated carbocycles. The number of anilines is 1. The number of ether oxygens (including phenoxy) is 1. The molecule has 0 aromatic heterocycles. The van der Waals surface area contributed by atoms with Crippen molar-refractivity contribution in [1.82, 2.24) is 0 Å². The molecule has 0 saturated heterocycles. The summed E-state index contributed by atoms with van der Waals surface area (Å²) in [5.74, 6) is -3.13. The second-order valence-electron chi connectivity index (χ2n) is 3.74. The van der Waals surface area contributed by atoms with E-state index >= 15 is 0 Å². The molecule has 0 aliphatic carbocycles. The van der Waals surface area contributed by atoms with Crippen molar-refractivity contribution >= 4 is 11.7 Å². The fourth-order valence-corrected chi connectivity index (χ4v) is 1.42. The molecule has 0 bridgehead atoms. The van der Waals surface area contributed by atoms with Gasteiger partial charge in [0.25, 0.3) is 0 Å². The molecule has 2 rings (SSSR count). The lowest BCUT2D eigenvalue weighted by molar-refractivity contribution is 0.0696. The van der Waals surface area contributed by atoms with Gasteiger partial charge in [-0.15, -0.1) is 0 Å². The average molecular weight is 265 g/mol. The Morgan fingerprint density at radius 3 is 2.47 bits per heavy atom. The number of hydrogen-bond acceptors (Lipinski definition) is 3. The van der Waals surface area contributed by atoms with Crippen molar-refractivity contribution < 1.29 is 23.4 Å². The third-order valence-corrected chi connectivity index (χ3v) is 2.38. The Kier molecular flexibility index (Phi) is 3.33. The molecule has 6 heteroatoms. The summed E-state index contributed by atoms with van der Waals surface area (Å²) in [6.45, 7) is 0. The van der Waals surface area contributed by atoms with Gasteiger partial charge >= 0.3 is 5.97 Å². The average Bonchev–Trinajstić information content (AvgIpc) is 2.36. The van der Waals surface area contributed by atoms with Crippen LogP contribution in [0.2, 0.25) is 0 Å². The van der Waals surface area contributed by atoms with E-state index in [4.69, 9.17) is 15.6 Å². The van der Waals surface area contributed by atoms with Crippen molar-refractivity contribution in [3.05, 3.63) is 53.6 Å². The summed E-state index contributed by atoms with van der Waals surface area (Å²) in [5.41, 5.74) is 5.79. The van der Waals surface area contributed by atoms with Crippen molar-refractivity contribution in [3.8, 4) is 11.5 Å². The van der Waals surface area contributed by atoms with Crippen molar-refractivity contribution in [3.63, 3.8) is 0 Å². The lowest BCUT2D eigenvalue weighted by atomic mass is 10.2. The third kappa shape index (κ3) is 2.79. The van der Waals surface area contributed by atoms with Crippen molar-refractivity contribution in [2.24, 2.45) is 0 Å². The number of hydrogen-bond donors (Lipinski definition) is 2. The molecule has 19 heavy (non-hydrogen) atoms. The number of halogens is 2. The van der Waals surface area contributed by atoms with Crippen LogP contribution in [0.25, 0.3) is 0 Å². The standard InChI is InChI=1S/C13H9F2NO3/c14-9-3-2-8(6-10(9)15)19-12-5-7(13(17)18)1-4-11(12)16/h1-6H,16H2,(H,17,18). The molecule has 0 aliphatic rings. The van der Waals surface area contributed by atoms with Crippen LogP contribution in [-0.4, -0.2) is 11.1 Å². The summed E-state index contributed by atoms with van der Waals surface area (Å²) in [6, 6.07) is 6.85. The molecule has 0 atom stereocenters. The molecular formula is C13H9F2NO3. The molecule has 0 aliphatic heterocycles. The number of rotatable bonds is 3. The van der Waals surface area contributed by atoms with Gasteiger partial charge in [0.1, 0.15) is 5.75 Å². The van der Waals surface area contributed by atoms with E-state index in [0.29, 0.717) is 0 Å². The highest BCUT2D eigenvalue weighted by Crippen LogP contribution is 2.29. The Labute approximate surface area is 107 Å². The van der Waals surface area contributed by atoms with E-state index in [-0.39, 0.29) is 22.7 Å². The van der Waals surface area contributed by atoms with E-state index in [9.17, 15) is 13.6 Å². The zero-order valence-corrected chi connectivity index (χ0v) is 9.56. The van der Waals surface area contributed by atoms with Crippen LogP contribution in [0.4, 0.5) is 14.5 Å². The van der Waals surface area contributed by atoms with Gasteiger partial charge in [-0.3, -0.25) is 0 Å². The fourth-order valence-electron chi connectivity index (χ4n) is 1.42. The van der Waals surface area contributed by atoms with Crippen LogP contribution < -0.4 is 10.5 Å². The number of carbonyl (C=O) groups is 1. The molecule has 0 heterocycles. The summed E-state index contributed by atoms with van der Waals surface area (Å²) in [6.07, 6.45) is 0. The molecule has 3 N–H and O–H groups in total. The van der Waals surface area contributed by atoms with Crippen LogP contribution in [0.15, 0.2) is 36.4 Å². The minimum atomic E-state index is -1.14. The SMILES string of the molecule is Nc1ccc(C(=O)O)cc1Oc1ccc(F)c(F)c1. The van der Waals surface area contributed by atoms with Gasteiger partial charge in [-0.1, -0.05) is 0 Å². The van der Waals surface area contributed by atoms with Gasteiger partial charge in [0.2, 0.25) is 0 Å². The summed E-state index contributed by atoms with van der Waals surface area (Å²) >= 11 is 0. The minimum absolute atomic E-state index is 0.0214. The maximum Gasteiger partial charge on any atom is 0.335 e. The highest BCUT2D eigenvalue weighted by molar-refractivity contribution is 5.89. The zero-order chi connectivity index (χ0) is 14.0. The van der Waals surface area contributed by atoms with E-state index in [2.05, 4.69) is 0 Å². The van der Waals surface area contributed by atoms with E-state index in [1.165, 1.54) is 24.3 Å². The second kappa shape index (κ2) is 4.93. The van der Waals surface area contributed by atoms with Gasteiger partial charge < -0.3 is 15.6 Å². The summed E-state index contributed by atoms with van der Waals surface area (Å²) in [4.78, 5) is 10.8. The highest BCUT2D eigenvalue weighted by Gasteiger charge is 2.10. The molecular weight excluding hydrogens is 256 g/mol. The molecule has 0 unspecified atom stereocenters. The Balaban J connectivity index is 2.34. The zero-order valence-electron chi connectivity index (χ0n) is 9.56. The van der Waals surface area contributed by atoms with E-state index in [1.54, 1.807) is 0 Å². The first-order valence-electron chi connectivity index (χ1n) is 5.23. The van der Waals surface area contributed by atoms with E-state index in [0.717, 1.165) is 12.1 Å². The van der Waals surface area contributed by atoms with Gasteiger partial charge in [-0.05, 0) is 30.3 Å². The molecule has 2 aromatic carbocycles. The summed E-state index contributed by atoms with van der Waals surface area (Å²) < 4.78 is 31.0. The van der Waals surface area contributed by atoms with Gasteiger partial charge in [-0.2, -0.15) is 0 Å². The fraction of sp³-hybridized carbons (Fsp3) is 0. The molecule has 0 radical (unpaired) electrons. The van der Waals surface area contributed by atoms with Crippen molar-refractivity contribution in [2.75, 3.05) is 5.73 Å². The molecule has 98 valence electrons. The smallest absolute Gasteiger partial charge is 0.335 e. The predicted octanol–water partition coefficient (Wildman–Crippen LogP) is 3.04. The minimum Gasteiger partial charge on any atom is -0.478 e. The second-order valence-corrected chi connectivity index (χ2v) is 3.74. The number of benzene rings is 2. The van der Waals surface area contributed by atoms with Crippen LogP contribution in [0.5, 0.6) is 11.5 Å². The Hall–Kier alpha value is -2.63. The largest absolute Gasteiger partial charge is 0.478 e. The van der Waals surface area contributed by atoms with Gasteiger partial charge in [0.05, 0.1) is 11.3 Å². The van der Waals surface area contributed by atoms with Crippen LogP contribution >= 0.6 is 0 Å². The van der Waals surface area contributed by atoms with Crippen LogP contribution in [-0.2, 0) is 0 Å². The highest BCUT2D eigenvalue weighted by atomic mass is 19.2. The number of nitrogen functional groups attached to an aromatic ring is 1. The molecule has 4 nitrogen and oxygen atoms in total. The molecule has 0 spiro atoms. The number of nitrogens with two attached hydrogens (primary N) is 1. The maximum absolute atomic E-state index is 13.0. The van der Waals surface area contributed by atoms with Crippen LogP contribution in [0.1, 0.15) is 10.4 Å². The third-order valence-electron chi connectivity index (χ3n) is 2.38. The molecule has 0 amide bonds. The van der Waals surface area contributed by atoms with Crippen LogP contribution in [0.3, 0.4) is 0 Å².